The summed E-state index contributed by atoms with van der Waals surface area (Å²) in [6.07, 6.45) is -0.0358. The number of Topliss-reactive ketones (excluding diaryl/α,β-unsaturated/α-hetero) is 1. The zero-order valence-electron chi connectivity index (χ0n) is 14.5. The summed E-state index contributed by atoms with van der Waals surface area (Å²) in [5.41, 5.74) is -0.803. The molecule has 146 valence electrons. The number of nitrogens with zero attached hydrogens (tertiary/aromatic N) is 2. The van der Waals surface area contributed by atoms with Gasteiger partial charge in [0.1, 0.15) is 5.82 Å². The lowest BCUT2D eigenvalue weighted by Gasteiger charge is -2.35. The van der Waals surface area contributed by atoms with E-state index >= 15 is 0 Å². The highest BCUT2D eigenvalue weighted by Gasteiger charge is 2.36. The summed E-state index contributed by atoms with van der Waals surface area (Å²) >= 11 is 18.0. The quantitative estimate of drug-likeness (QED) is 0.309. The third-order valence-corrected chi connectivity index (χ3v) is 4.93. The molecule has 0 unspecified atom stereocenters. The molecule has 0 fully saturated rings. The Bertz CT molecular complexity index is 815. The van der Waals surface area contributed by atoms with Crippen molar-refractivity contribution in [1.29, 1.82) is 0 Å². The molecule has 27 heavy (non-hydrogen) atoms. The van der Waals surface area contributed by atoms with E-state index in [1.807, 2.05) is 0 Å². The van der Waals surface area contributed by atoms with E-state index in [0.717, 1.165) is 10.6 Å². The lowest BCUT2D eigenvalue weighted by atomic mass is 9.95. The van der Waals surface area contributed by atoms with Crippen molar-refractivity contribution in [2.45, 2.75) is 25.8 Å². The van der Waals surface area contributed by atoms with E-state index in [2.05, 4.69) is 0 Å². The van der Waals surface area contributed by atoms with Crippen LogP contribution in [0.4, 0.5) is 4.39 Å². The Balaban J connectivity index is 0.00000364. The van der Waals surface area contributed by atoms with Gasteiger partial charge in [-0.05, 0) is 50.2 Å². The maximum absolute atomic E-state index is 13.8. The molecule has 1 amide bonds. The predicted molar refractivity (Wildman–Crippen MR) is 108 cm³/mol. The van der Waals surface area contributed by atoms with Gasteiger partial charge in [-0.3, -0.25) is 9.59 Å². The lowest BCUT2D eigenvalue weighted by Crippen LogP contribution is -2.48. The van der Waals surface area contributed by atoms with Crippen molar-refractivity contribution in [3.8, 4) is 0 Å². The summed E-state index contributed by atoms with van der Waals surface area (Å²) in [7, 11) is 0. The van der Waals surface area contributed by atoms with Gasteiger partial charge in [-0.1, -0.05) is 23.7 Å². The van der Waals surface area contributed by atoms with Crippen LogP contribution in [0.1, 0.15) is 41.0 Å². The second-order valence-corrected chi connectivity index (χ2v) is 7.30. The van der Waals surface area contributed by atoms with Gasteiger partial charge in [0, 0.05) is 40.6 Å². The number of benzene rings is 2. The summed E-state index contributed by atoms with van der Waals surface area (Å²) in [4.78, 5) is 24.8. The first-order valence-electron chi connectivity index (χ1n) is 7.63. The van der Waals surface area contributed by atoms with Crippen molar-refractivity contribution in [3.05, 3.63) is 70.5 Å². The SMILES string of the molecule is CC(C)(CC(=O)c1ccc(Cl)cc1)N(Cl)N(Cl)C(=O)c1ccccc1F.Cl. The van der Waals surface area contributed by atoms with Crippen LogP contribution in [0.5, 0.6) is 0 Å². The van der Waals surface area contributed by atoms with E-state index in [0.29, 0.717) is 15.1 Å². The van der Waals surface area contributed by atoms with Crippen molar-refractivity contribution in [2.24, 2.45) is 0 Å². The zero-order chi connectivity index (χ0) is 19.5. The fourth-order valence-electron chi connectivity index (χ4n) is 2.25. The van der Waals surface area contributed by atoms with Crippen LogP contribution in [0.2, 0.25) is 5.02 Å². The van der Waals surface area contributed by atoms with Gasteiger partial charge in [0.15, 0.2) is 5.78 Å². The molecule has 2 aromatic carbocycles. The van der Waals surface area contributed by atoms with Crippen LogP contribution < -0.4 is 0 Å². The minimum Gasteiger partial charge on any atom is -0.294 e. The van der Waals surface area contributed by atoms with Gasteiger partial charge in [-0.25, -0.2) is 4.39 Å². The third kappa shape index (κ3) is 5.80. The Labute approximate surface area is 178 Å². The number of halogens is 5. The van der Waals surface area contributed by atoms with Crippen molar-refractivity contribution in [3.63, 3.8) is 0 Å². The Morgan fingerprint density at radius 2 is 1.59 bits per heavy atom. The summed E-state index contributed by atoms with van der Waals surface area (Å²) in [6, 6.07) is 11.8. The molecule has 0 saturated heterocycles. The number of carbonyl (C=O) groups excluding carboxylic acids is 2. The van der Waals surface area contributed by atoms with Crippen LogP contribution in [0.15, 0.2) is 48.5 Å². The van der Waals surface area contributed by atoms with Gasteiger partial charge in [-0.2, -0.15) is 4.53 Å². The van der Waals surface area contributed by atoms with Crippen molar-refractivity contribution in [2.75, 3.05) is 0 Å². The van der Waals surface area contributed by atoms with Crippen LogP contribution in [-0.4, -0.2) is 26.3 Å². The topological polar surface area (TPSA) is 40.6 Å². The average Bonchev–Trinajstić information content (AvgIpc) is 2.60. The molecule has 4 nitrogen and oxygen atoms in total. The molecule has 0 N–H and O–H groups in total. The molecule has 9 heteroatoms. The van der Waals surface area contributed by atoms with Crippen LogP contribution in [0.3, 0.4) is 0 Å². The van der Waals surface area contributed by atoms with E-state index in [9.17, 15) is 14.0 Å². The molecular weight excluding hydrogens is 437 g/mol. The summed E-state index contributed by atoms with van der Waals surface area (Å²) < 4.78 is 15.2. The molecule has 0 aliphatic heterocycles. The predicted octanol–water partition coefficient (Wildman–Crippen LogP) is 5.92. The number of amides is 1. The number of carbonyl (C=O) groups is 2. The smallest absolute Gasteiger partial charge is 0.287 e. The van der Waals surface area contributed by atoms with Gasteiger partial charge in [0.05, 0.1) is 11.1 Å². The van der Waals surface area contributed by atoms with E-state index in [1.54, 1.807) is 38.1 Å². The molecule has 0 aliphatic rings. The zero-order valence-corrected chi connectivity index (χ0v) is 17.5. The molecule has 0 saturated carbocycles. The summed E-state index contributed by atoms with van der Waals surface area (Å²) in [5.74, 6) is -1.77. The Morgan fingerprint density at radius 3 is 2.15 bits per heavy atom. The van der Waals surface area contributed by atoms with E-state index in [-0.39, 0.29) is 30.2 Å². The van der Waals surface area contributed by atoms with E-state index in [1.165, 1.54) is 18.2 Å². The molecule has 0 aliphatic carbocycles. The molecule has 0 heterocycles. The van der Waals surface area contributed by atoms with E-state index < -0.39 is 17.3 Å². The first-order valence-corrected chi connectivity index (χ1v) is 8.68. The molecule has 0 radical (unpaired) electrons. The minimum atomic E-state index is -1.03. The van der Waals surface area contributed by atoms with Crippen LogP contribution in [0.25, 0.3) is 0 Å². The van der Waals surface area contributed by atoms with Gasteiger partial charge >= 0.3 is 0 Å². The van der Waals surface area contributed by atoms with Crippen LogP contribution >= 0.6 is 47.6 Å². The molecular formula is C18H17Cl4FN2O2. The average molecular weight is 454 g/mol. The normalized spacial score (nSPS) is 11.1. The van der Waals surface area contributed by atoms with Crippen LogP contribution in [0, 0.1) is 5.82 Å². The lowest BCUT2D eigenvalue weighted by molar-refractivity contribution is 0.0370. The number of hydrogen-bond acceptors (Lipinski definition) is 3. The molecule has 0 atom stereocenters. The second kappa shape index (κ2) is 9.71. The minimum absolute atomic E-state index is 0. The van der Waals surface area contributed by atoms with Crippen molar-refractivity contribution in [1.82, 2.24) is 9.06 Å². The van der Waals surface area contributed by atoms with Crippen LogP contribution in [-0.2, 0) is 0 Å². The number of hydrazine groups is 1. The number of hydrogen-bond donors (Lipinski definition) is 0. The maximum atomic E-state index is 13.8. The highest BCUT2D eigenvalue weighted by molar-refractivity contribution is 6.30. The Hall–Kier alpha value is -1.37. The van der Waals surface area contributed by atoms with E-state index in [4.69, 9.17) is 35.2 Å². The number of rotatable bonds is 6. The molecule has 0 aromatic heterocycles. The fraction of sp³-hybridized carbons (Fsp3) is 0.222. The highest BCUT2D eigenvalue weighted by Crippen LogP contribution is 2.28. The number of ketones is 1. The fourth-order valence-corrected chi connectivity index (χ4v) is 2.80. The van der Waals surface area contributed by atoms with Gasteiger partial charge in [0.25, 0.3) is 5.91 Å². The van der Waals surface area contributed by atoms with Crippen molar-refractivity contribution >= 4 is 59.3 Å². The first kappa shape index (κ1) is 23.7. The van der Waals surface area contributed by atoms with Gasteiger partial charge < -0.3 is 0 Å². The Morgan fingerprint density at radius 1 is 1.04 bits per heavy atom. The summed E-state index contributed by atoms with van der Waals surface area (Å²) in [5, 5.41) is 0.516. The molecule has 2 rings (SSSR count). The highest BCUT2D eigenvalue weighted by atomic mass is 35.5. The first-order chi connectivity index (χ1) is 12.1. The third-order valence-electron chi connectivity index (χ3n) is 3.68. The summed E-state index contributed by atoms with van der Waals surface area (Å²) in [6.45, 7) is 3.27. The Kier molecular flexibility index (Phi) is 8.51. The monoisotopic (exact) mass is 452 g/mol. The largest absolute Gasteiger partial charge is 0.294 e. The maximum Gasteiger partial charge on any atom is 0.287 e. The van der Waals surface area contributed by atoms with Gasteiger partial charge in [0.2, 0.25) is 0 Å². The molecule has 2 aromatic rings. The standard InChI is InChI=1S/C18H16Cl3FN2O2.ClH/c1-18(2,11-16(25)12-7-9-13(19)10-8-12)24(21)23(20)17(26)14-5-3-4-6-15(14)22;/h3-10H,11H2,1-2H3;1H. The molecule has 0 spiro atoms. The van der Waals surface area contributed by atoms with Crippen molar-refractivity contribution < 1.29 is 14.0 Å². The van der Waals surface area contributed by atoms with Gasteiger partial charge in [-0.15, -0.1) is 16.9 Å². The molecule has 0 bridgehead atoms. The second-order valence-electron chi connectivity index (χ2n) is 6.22.